The van der Waals surface area contributed by atoms with Crippen molar-refractivity contribution in [1.29, 1.82) is 0 Å². The van der Waals surface area contributed by atoms with Crippen molar-refractivity contribution in [2.45, 2.75) is 39.8 Å². The fourth-order valence-corrected chi connectivity index (χ4v) is 2.71. The minimum absolute atomic E-state index is 0.973. The lowest BCUT2D eigenvalue weighted by atomic mass is 10.3. The molecule has 4 heteroatoms. The lowest BCUT2D eigenvalue weighted by molar-refractivity contribution is 0.667. The van der Waals surface area contributed by atoms with E-state index in [0.717, 1.165) is 26.1 Å². The Morgan fingerprint density at radius 3 is 3.06 bits per heavy atom. The van der Waals surface area contributed by atoms with Crippen molar-refractivity contribution in [1.82, 2.24) is 14.9 Å². The van der Waals surface area contributed by atoms with Crippen LogP contribution >= 0.6 is 11.3 Å². The van der Waals surface area contributed by atoms with Gasteiger partial charge in [0.05, 0.1) is 11.2 Å². The van der Waals surface area contributed by atoms with Crippen molar-refractivity contribution >= 4 is 11.3 Å². The lowest BCUT2D eigenvalue weighted by Crippen LogP contribution is -2.13. The molecule has 0 aliphatic rings. The number of rotatable bonds is 7. The van der Waals surface area contributed by atoms with Crippen molar-refractivity contribution in [3.63, 3.8) is 0 Å². The van der Waals surface area contributed by atoms with Crippen LogP contribution in [0.1, 0.15) is 29.5 Å². The number of thiazole rings is 1. The lowest BCUT2D eigenvalue weighted by Gasteiger charge is -2.02. The molecule has 0 bridgehead atoms. The molecule has 2 heterocycles. The average Bonchev–Trinajstić information content (AvgIpc) is 2.96. The Bertz CT molecular complexity index is 473. The zero-order valence-corrected chi connectivity index (χ0v) is 12.0. The summed E-state index contributed by atoms with van der Waals surface area (Å²) in [5.41, 5.74) is 4.47. The first kappa shape index (κ1) is 13.3. The number of hydrogen-bond acceptors (Lipinski definition) is 3. The molecule has 0 spiro atoms. The van der Waals surface area contributed by atoms with E-state index < -0.39 is 0 Å². The Balaban J connectivity index is 1.81. The van der Waals surface area contributed by atoms with Gasteiger partial charge in [-0.05, 0) is 31.5 Å². The van der Waals surface area contributed by atoms with Gasteiger partial charge in [0.2, 0.25) is 0 Å². The van der Waals surface area contributed by atoms with Crippen LogP contribution in [-0.4, -0.2) is 16.1 Å². The second kappa shape index (κ2) is 6.71. The van der Waals surface area contributed by atoms with Gasteiger partial charge in [-0.15, -0.1) is 11.3 Å². The third kappa shape index (κ3) is 3.68. The summed E-state index contributed by atoms with van der Waals surface area (Å²) >= 11 is 1.76. The van der Waals surface area contributed by atoms with Crippen LogP contribution in [-0.2, 0) is 19.5 Å². The van der Waals surface area contributed by atoms with Gasteiger partial charge in [-0.25, -0.2) is 4.98 Å². The molecule has 2 aromatic rings. The monoisotopic (exact) mass is 263 g/mol. The summed E-state index contributed by atoms with van der Waals surface area (Å²) in [6.45, 7) is 7.37. The average molecular weight is 263 g/mol. The van der Waals surface area contributed by atoms with Crippen LogP contribution in [0.3, 0.4) is 0 Å². The highest BCUT2D eigenvalue weighted by atomic mass is 32.1. The first-order chi connectivity index (χ1) is 8.79. The maximum absolute atomic E-state index is 4.28. The second-order valence-electron chi connectivity index (χ2n) is 4.55. The van der Waals surface area contributed by atoms with Gasteiger partial charge < -0.3 is 9.88 Å². The molecule has 0 fully saturated rings. The molecular weight excluding hydrogens is 242 g/mol. The predicted octanol–water partition coefficient (Wildman–Crippen LogP) is 3.00. The van der Waals surface area contributed by atoms with E-state index >= 15 is 0 Å². The van der Waals surface area contributed by atoms with E-state index in [4.69, 9.17) is 0 Å². The molecule has 0 aliphatic heterocycles. The molecule has 2 rings (SSSR count). The number of nitrogens with one attached hydrogen (secondary N) is 1. The normalized spacial score (nSPS) is 11.0. The van der Waals surface area contributed by atoms with E-state index in [1.165, 1.54) is 22.6 Å². The minimum atomic E-state index is 0.973. The van der Waals surface area contributed by atoms with Gasteiger partial charge in [0.15, 0.2) is 0 Å². The van der Waals surface area contributed by atoms with E-state index in [2.05, 4.69) is 47.2 Å². The third-order valence-corrected chi connectivity index (χ3v) is 4.00. The third-order valence-electron chi connectivity index (χ3n) is 3.01. The molecule has 0 atom stereocenters. The Kier molecular flexibility index (Phi) is 4.96. The van der Waals surface area contributed by atoms with Gasteiger partial charge in [0.25, 0.3) is 0 Å². The van der Waals surface area contributed by atoms with Gasteiger partial charge in [-0.2, -0.15) is 0 Å². The standard InChI is InChI=1S/C14H21N3S/c1-3-6-15-9-13-4-7-17(10-13)8-5-14-12(2)16-11-18-14/h4,7,10-11,15H,3,5-6,8-9H2,1-2H3. The molecule has 0 unspecified atom stereocenters. The molecule has 0 aliphatic carbocycles. The fourth-order valence-electron chi connectivity index (χ4n) is 1.94. The van der Waals surface area contributed by atoms with E-state index in [1.807, 2.05) is 5.51 Å². The van der Waals surface area contributed by atoms with E-state index in [-0.39, 0.29) is 0 Å². The number of hydrogen-bond donors (Lipinski definition) is 1. The van der Waals surface area contributed by atoms with Crippen molar-refractivity contribution in [2.75, 3.05) is 6.54 Å². The van der Waals surface area contributed by atoms with Crippen molar-refractivity contribution in [3.05, 3.63) is 40.1 Å². The molecule has 0 aromatic carbocycles. The molecule has 1 N–H and O–H groups in total. The Morgan fingerprint density at radius 1 is 1.44 bits per heavy atom. The second-order valence-corrected chi connectivity index (χ2v) is 5.48. The maximum atomic E-state index is 4.28. The SMILES string of the molecule is CCCNCc1ccn(CCc2scnc2C)c1. The van der Waals surface area contributed by atoms with Gasteiger partial charge in [-0.1, -0.05) is 6.92 Å². The maximum Gasteiger partial charge on any atom is 0.0797 e. The van der Waals surface area contributed by atoms with Crippen molar-refractivity contribution in [2.24, 2.45) is 0 Å². The predicted molar refractivity (Wildman–Crippen MR) is 77.0 cm³/mol. The highest BCUT2D eigenvalue weighted by Crippen LogP contribution is 2.14. The Morgan fingerprint density at radius 2 is 2.33 bits per heavy atom. The molecule has 0 radical (unpaired) electrons. The summed E-state index contributed by atoms with van der Waals surface area (Å²) < 4.78 is 2.27. The highest BCUT2D eigenvalue weighted by molar-refractivity contribution is 7.09. The van der Waals surface area contributed by atoms with E-state index in [9.17, 15) is 0 Å². The van der Waals surface area contributed by atoms with Crippen LogP contribution < -0.4 is 5.32 Å². The number of aryl methyl sites for hydroxylation is 3. The smallest absolute Gasteiger partial charge is 0.0797 e. The zero-order chi connectivity index (χ0) is 12.8. The largest absolute Gasteiger partial charge is 0.354 e. The zero-order valence-electron chi connectivity index (χ0n) is 11.1. The van der Waals surface area contributed by atoms with Gasteiger partial charge in [0.1, 0.15) is 0 Å². The molecule has 98 valence electrons. The van der Waals surface area contributed by atoms with Gasteiger partial charge in [0, 0.05) is 36.8 Å². The number of aromatic nitrogens is 2. The molecule has 0 saturated heterocycles. The van der Waals surface area contributed by atoms with Crippen LogP contribution in [0.25, 0.3) is 0 Å². The Hall–Kier alpha value is -1.13. The van der Waals surface area contributed by atoms with Crippen LogP contribution in [0.5, 0.6) is 0 Å². The van der Waals surface area contributed by atoms with Gasteiger partial charge >= 0.3 is 0 Å². The topological polar surface area (TPSA) is 29.9 Å². The molecule has 0 saturated carbocycles. The summed E-state index contributed by atoms with van der Waals surface area (Å²) in [5.74, 6) is 0. The highest BCUT2D eigenvalue weighted by Gasteiger charge is 2.02. The van der Waals surface area contributed by atoms with Crippen LogP contribution in [0.2, 0.25) is 0 Å². The van der Waals surface area contributed by atoms with Crippen LogP contribution in [0.15, 0.2) is 24.0 Å². The number of nitrogens with zero attached hydrogens (tertiary/aromatic N) is 2. The fraction of sp³-hybridized carbons (Fsp3) is 0.500. The Labute approximate surface area is 113 Å². The summed E-state index contributed by atoms with van der Waals surface area (Å²) in [6.07, 6.45) is 6.66. The molecule has 18 heavy (non-hydrogen) atoms. The first-order valence-electron chi connectivity index (χ1n) is 6.54. The molecular formula is C14H21N3S. The van der Waals surface area contributed by atoms with Crippen LogP contribution in [0, 0.1) is 6.92 Å². The summed E-state index contributed by atoms with van der Waals surface area (Å²) in [4.78, 5) is 5.68. The van der Waals surface area contributed by atoms with E-state index in [0.29, 0.717) is 0 Å². The van der Waals surface area contributed by atoms with Gasteiger partial charge in [-0.3, -0.25) is 0 Å². The summed E-state index contributed by atoms with van der Waals surface area (Å²) in [5, 5.41) is 3.42. The molecule has 3 nitrogen and oxygen atoms in total. The van der Waals surface area contributed by atoms with Crippen molar-refractivity contribution < 1.29 is 0 Å². The van der Waals surface area contributed by atoms with Crippen molar-refractivity contribution in [3.8, 4) is 0 Å². The molecule has 0 amide bonds. The summed E-state index contributed by atoms with van der Waals surface area (Å²) in [7, 11) is 0. The van der Waals surface area contributed by atoms with E-state index in [1.54, 1.807) is 11.3 Å². The first-order valence-corrected chi connectivity index (χ1v) is 7.42. The molecule has 2 aromatic heterocycles. The quantitative estimate of drug-likeness (QED) is 0.778. The summed E-state index contributed by atoms with van der Waals surface area (Å²) in [6, 6.07) is 2.20. The minimum Gasteiger partial charge on any atom is -0.354 e. The van der Waals surface area contributed by atoms with Crippen LogP contribution in [0.4, 0.5) is 0 Å².